The Labute approximate surface area is 168 Å². The van der Waals surface area contributed by atoms with Crippen molar-refractivity contribution in [3.63, 3.8) is 0 Å². The Morgan fingerprint density at radius 2 is 1.83 bits per heavy atom. The highest BCUT2D eigenvalue weighted by molar-refractivity contribution is 5.94. The molecule has 0 N–H and O–H groups in total. The molecule has 5 rings (SSSR count). The summed E-state index contributed by atoms with van der Waals surface area (Å²) in [5, 5.41) is 8.51. The van der Waals surface area contributed by atoms with Crippen LogP contribution in [0.5, 0.6) is 0 Å². The number of hydrogen-bond acceptors (Lipinski definition) is 4. The zero-order valence-electron chi connectivity index (χ0n) is 15.8. The number of benzene rings is 2. The maximum atomic E-state index is 12.7. The Morgan fingerprint density at radius 3 is 2.55 bits per heavy atom. The first-order valence-electron chi connectivity index (χ1n) is 9.57. The Morgan fingerprint density at radius 1 is 1.03 bits per heavy atom. The number of imidazole rings is 1. The van der Waals surface area contributed by atoms with Gasteiger partial charge < -0.3 is 9.47 Å². The highest BCUT2D eigenvalue weighted by Gasteiger charge is 2.33. The topological polar surface area (TPSA) is 68.8 Å². The summed E-state index contributed by atoms with van der Waals surface area (Å²) in [6, 6.07) is 17.9. The Hall–Kier alpha value is -3.74. The summed E-state index contributed by atoms with van der Waals surface area (Å²) in [4.78, 5) is 18.6. The van der Waals surface area contributed by atoms with Gasteiger partial charge in [-0.15, -0.1) is 5.10 Å². The van der Waals surface area contributed by atoms with Gasteiger partial charge in [0.25, 0.3) is 5.91 Å². The lowest BCUT2D eigenvalue weighted by atomic mass is 10.1. The van der Waals surface area contributed by atoms with Crippen LogP contribution in [0.4, 0.5) is 0 Å². The number of nitrogens with zero attached hydrogens (tertiary/aromatic N) is 6. The first-order valence-corrected chi connectivity index (χ1v) is 9.57. The molecule has 0 aliphatic carbocycles. The van der Waals surface area contributed by atoms with Gasteiger partial charge in [0.15, 0.2) is 0 Å². The summed E-state index contributed by atoms with van der Waals surface area (Å²) >= 11 is 0. The number of carbonyl (C=O) groups is 1. The van der Waals surface area contributed by atoms with Crippen LogP contribution in [0, 0.1) is 0 Å². The van der Waals surface area contributed by atoms with Crippen molar-refractivity contribution in [1.29, 1.82) is 0 Å². The van der Waals surface area contributed by atoms with Crippen molar-refractivity contribution >= 4 is 5.91 Å². The summed E-state index contributed by atoms with van der Waals surface area (Å²) in [6.07, 6.45) is 7.42. The first kappa shape index (κ1) is 17.4. The fraction of sp³-hybridized carbons (Fsp3) is 0.182. The standard InChI is InChI=1S/C22H20N6O/c29-22(19-8-6-17(7-9-19)12-26-11-10-23-16-26)27-13-20(14-27)28-15-21(24-25-28)18-4-2-1-3-5-18/h1-11,15-16,20H,12-14H2. The second kappa shape index (κ2) is 7.35. The summed E-state index contributed by atoms with van der Waals surface area (Å²) in [7, 11) is 0. The van der Waals surface area contributed by atoms with E-state index in [1.807, 2.05) is 81.1 Å². The van der Waals surface area contributed by atoms with Crippen LogP contribution in [0.15, 0.2) is 79.5 Å². The average Bonchev–Trinajstić information content (AvgIpc) is 3.40. The molecule has 0 radical (unpaired) electrons. The van der Waals surface area contributed by atoms with Crippen molar-refractivity contribution in [2.45, 2.75) is 12.6 Å². The van der Waals surface area contributed by atoms with E-state index in [9.17, 15) is 4.79 Å². The summed E-state index contributed by atoms with van der Waals surface area (Å²) in [5.41, 5.74) is 3.74. The molecule has 0 unspecified atom stereocenters. The maximum Gasteiger partial charge on any atom is 0.253 e. The number of likely N-dealkylation sites (tertiary alicyclic amines) is 1. The monoisotopic (exact) mass is 384 g/mol. The Balaban J connectivity index is 1.20. The van der Waals surface area contributed by atoms with E-state index in [1.54, 1.807) is 12.5 Å². The lowest BCUT2D eigenvalue weighted by Crippen LogP contribution is -2.50. The normalized spacial score (nSPS) is 14.0. The minimum absolute atomic E-state index is 0.0545. The van der Waals surface area contributed by atoms with Gasteiger partial charge in [0.1, 0.15) is 5.69 Å². The fourth-order valence-electron chi connectivity index (χ4n) is 3.51. The summed E-state index contributed by atoms with van der Waals surface area (Å²) < 4.78 is 3.86. The van der Waals surface area contributed by atoms with E-state index in [1.165, 1.54) is 0 Å². The molecule has 29 heavy (non-hydrogen) atoms. The molecular formula is C22H20N6O. The van der Waals surface area contributed by atoms with Gasteiger partial charge in [-0.25, -0.2) is 9.67 Å². The van der Waals surface area contributed by atoms with Crippen LogP contribution in [0.1, 0.15) is 22.0 Å². The molecular weight excluding hydrogens is 364 g/mol. The highest BCUT2D eigenvalue weighted by Crippen LogP contribution is 2.25. The molecule has 0 saturated carbocycles. The molecule has 1 saturated heterocycles. The third kappa shape index (κ3) is 3.54. The predicted molar refractivity (Wildman–Crippen MR) is 108 cm³/mol. The van der Waals surface area contributed by atoms with Gasteiger partial charge in [-0.1, -0.05) is 47.7 Å². The molecule has 0 atom stereocenters. The second-order valence-electron chi connectivity index (χ2n) is 7.25. The van der Waals surface area contributed by atoms with E-state index in [4.69, 9.17) is 0 Å². The lowest BCUT2D eigenvalue weighted by molar-refractivity contribution is 0.0498. The van der Waals surface area contributed by atoms with E-state index in [2.05, 4.69) is 15.3 Å². The van der Waals surface area contributed by atoms with Crippen molar-refractivity contribution in [1.82, 2.24) is 29.4 Å². The van der Waals surface area contributed by atoms with Gasteiger partial charge in [0, 0.05) is 43.2 Å². The van der Waals surface area contributed by atoms with E-state index in [0.29, 0.717) is 18.7 Å². The molecule has 7 nitrogen and oxygen atoms in total. The minimum Gasteiger partial charge on any atom is -0.334 e. The van der Waals surface area contributed by atoms with Crippen LogP contribution in [-0.2, 0) is 6.54 Å². The molecule has 1 amide bonds. The number of carbonyl (C=O) groups excluding carboxylic acids is 1. The molecule has 1 aliphatic heterocycles. The molecule has 2 aromatic carbocycles. The minimum atomic E-state index is 0.0545. The molecule has 0 bridgehead atoms. The van der Waals surface area contributed by atoms with Crippen molar-refractivity contribution in [3.05, 3.63) is 90.6 Å². The van der Waals surface area contributed by atoms with Gasteiger partial charge in [-0.2, -0.15) is 0 Å². The van der Waals surface area contributed by atoms with E-state index in [-0.39, 0.29) is 11.9 Å². The van der Waals surface area contributed by atoms with Crippen LogP contribution in [0.2, 0.25) is 0 Å². The van der Waals surface area contributed by atoms with Crippen molar-refractivity contribution in [3.8, 4) is 11.3 Å². The molecule has 1 aliphatic rings. The van der Waals surface area contributed by atoms with Gasteiger partial charge >= 0.3 is 0 Å². The van der Waals surface area contributed by atoms with E-state index >= 15 is 0 Å². The summed E-state index contributed by atoms with van der Waals surface area (Å²) in [6.45, 7) is 2.04. The molecule has 3 heterocycles. The maximum absolute atomic E-state index is 12.7. The Bertz CT molecular complexity index is 1100. The summed E-state index contributed by atoms with van der Waals surface area (Å²) in [5.74, 6) is 0.0545. The fourth-order valence-corrected chi connectivity index (χ4v) is 3.51. The quantitative estimate of drug-likeness (QED) is 0.531. The van der Waals surface area contributed by atoms with Gasteiger partial charge in [0.05, 0.1) is 18.6 Å². The van der Waals surface area contributed by atoms with Crippen LogP contribution in [0.25, 0.3) is 11.3 Å². The van der Waals surface area contributed by atoms with Crippen molar-refractivity contribution in [2.24, 2.45) is 0 Å². The van der Waals surface area contributed by atoms with Crippen LogP contribution in [0.3, 0.4) is 0 Å². The van der Waals surface area contributed by atoms with Gasteiger partial charge in [-0.3, -0.25) is 4.79 Å². The van der Waals surface area contributed by atoms with Crippen molar-refractivity contribution in [2.75, 3.05) is 13.1 Å². The van der Waals surface area contributed by atoms with Crippen LogP contribution < -0.4 is 0 Å². The predicted octanol–water partition coefficient (Wildman–Crippen LogP) is 2.89. The molecule has 2 aromatic heterocycles. The van der Waals surface area contributed by atoms with Gasteiger partial charge in [-0.05, 0) is 17.7 Å². The average molecular weight is 384 g/mol. The smallest absolute Gasteiger partial charge is 0.253 e. The highest BCUT2D eigenvalue weighted by atomic mass is 16.2. The molecule has 0 spiro atoms. The van der Waals surface area contributed by atoms with Crippen LogP contribution >= 0.6 is 0 Å². The SMILES string of the molecule is O=C(c1ccc(Cn2ccnc2)cc1)N1CC(n2cc(-c3ccccc3)nn2)C1. The zero-order chi connectivity index (χ0) is 19.6. The second-order valence-corrected chi connectivity index (χ2v) is 7.25. The number of hydrogen-bond donors (Lipinski definition) is 0. The number of rotatable bonds is 5. The first-order chi connectivity index (χ1) is 14.3. The van der Waals surface area contributed by atoms with E-state index < -0.39 is 0 Å². The molecule has 4 aromatic rings. The van der Waals surface area contributed by atoms with Gasteiger partial charge in [0.2, 0.25) is 0 Å². The Kier molecular flexibility index (Phi) is 4.40. The molecule has 144 valence electrons. The lowest BCUT2D eigenvalue weighted by Gasteiger charge is -2.38. The third-order valence-electron chi connectivity index (χ3n) is 5.23. The molecule has 7 heteroatoms. The molecule has 1 fully saturated rings. The third-order valence-corrected chi connectivity index (χ3v) is 5.23. The largest absolute Gasteiger partial charge is 0.334 e. The van der Waals surface area contributed by atoms with Crippen molar-refractivity contribution < 1.29 is 4.79 Å². The van der Waals surface area contributed by atoms with E-state index in [0.717, 1.165) is 23.4 Å². The number of aromatic nitrogens is 5. The van der Waals surface area contributed by atoms with Crippen LogP contribution in [-0.4, -0.2) is 48.4 Å². The number of amides is 1. The zero-order valence-corrected chi connectivity index (χ0v) is 15.8.